The van der Waals surface area contributed by atoms with Crippen molar-refractivity contribution in [1.82, 2.24) is 0 Å². The predicted octanol–water partition coefficient (Wildman–Crippen LogP) is 3.84. The van der Waals surface area contributed by atoms with E-state index in [2.05, 4.69) is 13.8 Å². The number of hydrogen-bond donors (Lipinski definition) is 0. The Bertz CT molecular complexity index is 793. The number of nitrogens with zero attached hydrogens (tertiary/aromatic N) is 1. The standard InChI is InChI=1S/C21H23NO5/c1-15(2)14-27-19-9-6-17(12-20(19)24-3)21(23)26-11-10-25-18-7-4-16(13-22)5-8-18/h4-9,12,15H,10-11,14H2,1-3H3. The molecule has 0 aliphatic heterocycles. The van der Waals surface area contributed by atoms with E-state index in [1.165, 1.54) is 7.11 Å². The van der Waals surface area contributed by atoms with Gasteiger partial charge in [-0.2, -0.15) is 5.26 Å². The summed E-state index contributed by atoms with van der Waals surface area (Å²) in [4.78, 5) is 12.2. The number of rotatable bonds is 9. The minimum Gasteiger partial charge on any atom is -0.493 e. The predicted molar refractivity (Wildman–Crippen MR) is 100 cm³/mol. The maximum Gasteiger partial charge on any atom is 0.338 e. The van der Waals surface area contributed by atoms with Gasteiger partial charge >= 0.3 is 5.97 Å². The zero-order chi connectivity index (χ0) is 19.6. The molecular formula is C21H23NO5. The Morgan fingerprint density at radius 3 is 2.41 bits per heavy atom. The molecule has 0 bridgehead atoms. The lowest BCUT2D eigenvalue weighted by molar-refractivity contribution is 0.0450. The molecule has 0 radical (unpaired) electrons. The third-order valence-corrected chi connectivity index (χ3v) is 3.54. The normalized spacial score (nSPS) is 10.2. The minimum atomic E-state index is -0.466. The van der Waals surface area contributed by atoms with Gasteiger partial charge in [-0.1, -0.05) is 13.8 Å². The first-order valence-electron chi connectivity index (χ1n) is 8.64. The van der Waals surface area contributed by atoms with Crippen LogP contribution in [0.3, 0.4) is 0 Å². The highest BCUT2D eigenvalue weighted by molar-refractivity contribution is 5.90. The number of nitriles is 1. The number of hydrogen-bond acceptors (Lipinski definition) is 6. The fourth-order valence-corrected chi connectivity index (χ4v) is 2.17. The molecule has 0 aliphatic carbocycles. The topological polar surface area (TPSA) is 77.8 Å². The summed E-state index contributed by atoms with van der Waals surface area (Å²) in [6.45, 7) is 4.99. The Morgan fingerprint density at radius 2 is 1.78 bits per heavy atom. The van der Waals surface area contributed by atoms with Crippen molar-refractivity contribution in [3.05, 3.63) is 53.6 Å². The van der Waals surface area contributed by atoms with Crippen molar-refractivity contribution in [1.29, 1.82) is 5.26 Å². The van der Waals surface area contributed by atoms with E-state index in [-0.39, 0.29) is 13.2 Å². The molecule has 0 unspecified atom stereocenters. The number of carbonyl (C=O) groups excluding carboxylic acids is 1. The molecular weight excluding hydrogens is 346 g/mol. The SMILES string of the molecule is COc1cc(C(=O)OCCOc2ccc(C#N)cc2)ccc1OCC(C)C. The Balaban J connectivity index is 1.85. The van der Waals surface area contributed by atoms with Gasteiger partial charge in [-0.3, -0.25) is 0 Å². The van der Waals surface area contributed by atoms with Crippen LogP contribution in [0, 0.1) is 17.2 Å². The van der Waals surface area contributed by atoms with Crippen LogP contribution < -0.4 is 14.2 Å². The van der Waals surface area contributed by atoms with Crippen molar-refractivity contribution in [3.63, 3.8) is 0 Å². The van der Waals surface area contributed by atoms with E-state index in [1.54, 1.807) is 42.5 Å². The van der Waals surface area contributed by atoms with Crippen LogP contribution in [0.15, 0.2) is 42.5 Å². The molecule has 0 N–H and O–H groups in total. The van der Waals surface area contributed by atoms with Crippen molar-refractivity contribution in [2.75, 3.05) is 26.9 Å². The van der Waals surface area contributed by atoms with E-state index in [0.717, 1.165) is 0 Å². The lowest BCUT2D eigenvalue weighted by atomic mass is 10.2. The zero-order valence-corrected chi connectivity index (χ0v) is 15.7. The Labute approximate surface area is 159 Å². The van der Waals surface area contributed by atoms with Gasteiger partial charge in [0.1, 0.15) is 19.0 Å². The summed E-state index contributed by atoms with van der Waals surface area (Å²) in [5.74, 6) is 1.60. The third kappa shape index (κ3) is 6.23. The fourth-order valence-electron chi connectivity index (χ4n) is 2.17. The Kier molecular flexibility index (Phi) is 7.50. The van der Waals surface area contributed by atoms with E-state index in [1.807, 2.05) is 6.07 Å². The monoisotopic (exact) mass is 369 g/mol. The molecule has 6 nitrogen and oxygen atoms in total. The second kappa shape index (κ2) is 10.1. The first-order valence-corrected chi connectivity index (χ1v) is 8.64. The van der Waals surface area contributed by atoms with Gasteiger partial charge in [0, 0.05) is 0 Å². The van der Waals surface area contributed by atoms with Gasteiger partial charge in [-0.15, -0.1) is 0 Å². The number of benzene rings is 2. The maximum absolute atomic E-state index is 12.2. The van der Waals surface area contributed by atoms with Crippen LogP contribution in [0.2, 0.25) is 0 Å². The second-order valence-electron chi connectivity index (χ2n) is 6.19. The summed E-state index contributed by atoms with van der Waals surface area (Å²) in [6.07, 6.45) is 0. The largest absolute Gasteiger partial charge is 0.493 e. The van der Waals surface area contributed by atoms with E-state index in [4.69, 9.17) is 24.2 Å². The average molecular weight is 369 g/mol. The molecule has 0 spiro atoms. The third-order valence-electron chi connectivity index (χ3n) is 3.54. The molecule has 0 fully saturated rings. The maximum atomic E-state index is 12.2. The molecule has 0 atom stereocenters. The van der Waals surface area contributed by atoms with E-state index in [0.29, 0.717) is 40.9 Å². The van der Waals surface area contributed by atoms with Crippen LogP contribution in [-0.4, -0.2) is 32.9 Å². The number of esters is 1. The van der Waals surface area contributed by atoms with Crippen molar-refractivity contribution >= 4 is 5.97 Å². The van der Waals surface area contributed by atoms with Crippen LogP contribution in [-0.2, 0) is 4.74 Å². The van der Waals surface area contributed by atoms with E-state index >= 15 is 0 Å². The summed E-state index contributed by atoms with van der Waals surface area (Å²) in [5, 5.41) is 8.76. The molecule has 0 saturated carbocycles. The Hall–Kier alpha value is -3.20. The lowest BCUT2D eigenvalue weighted by Gasteiger charge is -2.13. The van der Waals surface area contributed by atoms with Crippen molar-refractivity contribution in [2.45, 2.75) is 13.8 Å². The van der Waals surface area contributed by atoms with Gasteiger partial charge in [0.25, 0.3) is 0 Å². The van der Waals surface area contributed by atoms with Gasteiger partial charge < -0.3 is 18.9 Å². The molecule has 0 heterocycles. The second-order valence-corrected chi connectivity index (χ2v) is 6.19. The molecule has 142 valence electrons. The van der Waals surface area contributed by atoms with Gasteiger partial charge in [-0.25, -0.2) is 4.79 Å². The van der Waals surface area contributed by atoms with Crippen LogP contribution in [0.4, 0.5) is 0 Å². The van der Waals surface area contributed by atoms with Gasteiger partial charge in [0.15, 0.2) is 11.5 Å². The summed E-state index contributed by atoms with van der Waals surface area (Å²) in [7, 11) is 1.53. The van der Waals surface area contributed by atoms with E-state index in [9.17, 15) is 4.79 Å². The highest BCUT2D eigenvalue weighted by Crippen LogP contribution is 2.28. The number of ether oxygens (including phenoxy) is 4. The Morgan fingerprint density at radius 1 is 1.04 bits per heavy atom. The lowest BCUT2D eigenvalue weighted by Crippen LogP contribution is -2.13. The molecule has 6 heteroatoms. The minimum absolute atomic E-state index is 0.104. The smallest absolute Gasteiger partial charge is 0.338 e. The molecule has 0 aliphatic rings. The molecule has 0 amide bonds. The summed E-state index contributed by atoms with van der Waals surface area (Å²) in [6, 6.07) is 13.7. The highest BCUT2D eigenvalue weighted by Gasteiger charge is 2.13. The zero-order valence-electron chi connectivity index (χ0n) is 15.7. The molecule has 2 rings (SSSR count). The quantitative estimate of drug-likeness (QED) is 0.494. The van der Waals surface area contributed by atoms with Crippen LogP contribution in [0.5, 0.6) is 17.2 Å². The van der Waals surface area contributed by atoms with Crippen molar-refractivity contribution in [2.24, 2.45) is 5.92 Å². The van der Waals surface area contributed by atoms with E-state index < -0.39 is 5.97 Å². The van der Waals surface area contributed by atoms with Crippen molar-refractivity contribution < 1.29 is 23.7 Å². The van der Waals surface area contributed by atoms with Gasteiger partial charge in [0.05, 0.1) is 30.9 Å². The highest BCUT2D eigenvalue weighted by atomic mass is 16.6. The van der Waals surface area contributed by atoms with Crippen LogP contribution in [0.1, 0.15) is 29.8 Å². The first kappa shape index (κ1) is 20.1. The average Bonchev–Trinajstić information content (AvgIpc) is 2.69. The molecule has 2 aromatic rings. The number of carbonyl (C=O) groups is 1. The first-order chi connectivity index (χ1) is 13.0. The van der Waals surface area contributed by atoms with Crippen LogP contribution >= 0.6 is 0 Å². The molecule has 0 saturated heterocycles. The summed E-state index contributed by atoms with van der Waals surface area (Å²) < 4.78 is 21.7. The number of methoxy groups -OCH3 is 1. The molecule has 27 heavy (non-hydrogen) atoms. The van der Waals surface area contributed by atoms with Gasteiger partial charge in [-0.05, 0) is 48.4 Å². The fraction of sp³-hybridized carbons (Fsp3) is 0.333. The van der Waals surface area contributed by atoms with Crippen LogP contribution in [0.25, 0.3) is 0 Å². The van der Waals surface area contributed by atoms with Gasteiger partial charge in [0.2, 0.25) is 0 Å². The molecule has 0 aromatic heterocycles. The van der Waals surface area contributed by atoms with Crippen molar-refractivity contribution in [3.8, 4) is 23.3 Å². The summed E-state index contributed by atoms with van der Waals surface area (Å²) in [5.41, 5.74) is 0.936. The molecule has 2 aromatic carbocycles. The summed E-state index contributed by atoms with van der Waals surface area (Å²) >= 11 is 0.